The van der Waals surface area contributed by atoms with Crippen molar-refractivity contribution >= 4 is 17.4 Å². The number of aliphatic hydroxyl groups excluding tert-OH is 1. The molecule has 1 N–H and O–H groups in total. The standard InChI is InChI=1S/C29H38N2O6/c1-7-9-16-37-22-12-11-21(17-19(22)3)27(32)25-26(31(15-14-30(4)5)29(34)28(25)33)20-10-13-23(36-8-2)24(18-20)35-6/h10-13,17-18,26,32H,7-9,14-16H2,1-6H3/b27-25+/t26-/m1/s1. The van der Waals surface area contributed by atoms with Crippen LogP contribution < -0.4 is 14.2 Å². The number of likely N-dealkylation sites (tertiary alicyclic amines) is 1. The minimum Gasteiger partial charge on any atom is -0.507 e. The molecule has 1 amide bonds. The van der Waals surface area contributed by atoms with Gasteiger partial charge in [-0.15, -0.1) is 0 Å². The smallest absolute Gasteiger partial charge is 0.295 e. The van der Waals surface area contributed by atoms with Gasteiger partial charge in [0.25, 0.3) is 11.7 Å². The largest absolute Gasteiger partial charge is 0.507 e. The number of unbranched alkanes of at least 4 members (excludes halogenated alkanes) is 1. The summed E-state index contributed by atoms with van der Waals surface area (Å²) in [6.45, 7) is 7.82. The van der Waals surface area contributed by atoms with Crippen molar-refractivity contribution in [3.8, 4) is 17.2 Å². The SMILES string of the molecule is CCCCOc1ccc(/C(O)=C2\C(=O)C(=O)N(CCN(C)C)[C@@H]2c2ccc(OCC)c(OC)c2)cc1C. The summed E-state index contributed by atoms with van der Waals surface area (Å²) < 4.78 is 17.0. The lowest BCUT2D eigenvalue weighted by atomic mass is 9.94. The van der Waals surface area contributed by atoms with Crippen molar-refractivity contribution < 1.29 is 28.9 Å². The van der Waals surface area contributed by atoms with E-state index in [4.69, 9.17) is 14.2 Å². The number of amides is 1. The first-order chi connectivity index (χ1) is 17.7. The number of likely N-dealkylation sites (N-methyl/N-ethyl adjacent to an activating group) is 1. The van der Waals surface area contributed by atoms with Crippen LogP contribution in [0.5, 0.6) is 17.2 Å². The summed E-state index contributed by atoms with van der Waals surface area (Å²) in [5.41, 5.74) is 1.99. The molecule has 2 aromatic rings. The van der Waals surface area contributed by atoms with Gasteiger partial charge in [0.15, 0.2) is 11.5 Å². The lowest BCUT2D eigenvalue weighted by Crippen LogP contribution is -2.35. The van der Waals surface area contributed by atoms with Crippen molar-refractivity contribution in [1.82, 2.24) is 9.80 Å². The summed E-state index contributed by atoms with van der Waals surface area (Å²) in [7, 11) is 5.34. The average Bonchev–Trinajstić information content (AvgIpc) is 3.13. The fourth-order valence-corrected chi connectivity index (χ4v) is 4.33. The molecule has 1 fully saturated rings. The van der Waals surface area contributed by atoms with Gasteiger partial charge < -0.3 is 29.1 Å². The van der Waals surface area contributed by atoms with Crippen molar-refractivity contribution in [3.63, 3.8) is 0 Å². The van der Waals surface area contributed by atoms with Gasteiger partial charge in [-0.25, -0.2) is 0 Å². The van der Waals surface area contributed by atoms with Gasteiger partial charge in [0.1, 0.15) is 11.5 Å². The number of benzene rings is 2. The fourth-order valence-electron chi connectivity index (χ4n) is 4.33. The second-order valence-corrected chi connectivity index (χ2v) is 9.32. The molecule has 0 aromatic heterocycles. The summed E-state index contributed by atoms with van der Waals surface area (Å²) in [5.74, 6) is 0.207. The first-order valence-electron chi connectivity index (χ1n) is 12.7. The molecule has 1 aliphatic heterocycles. The Kier molecular flexibility index (Phi) is 9.58. The average molecular weight is 511 g/mol. The molecule has 8 nitrogen and oxygen atoms in total. The first-order valence-corrected chi connectivity index (χ1v) is 12.7. The first kappa shape index (κ1) is 28.1. The van der Waals surface area contributed by atoms with Gasteiger partial charge in [-0.3, -0.25) is 9.59 Å². The van der Waals surface area contributed by atoms with Gasteiger partial charge in [0.2, 0.25) is 0 Å². The quantitative estimate of drug-likeness (QED) is 0.194. The van der Waals surface area contributed by atoms with Crippen LogP contribution in [0, 0.1) is 6.92 Å². The zero-order valence-electron chi connectivity index (χ0n) is 22.7. The molecule has 0 unspecified atom stereocenters. The van der Waals surface area contributed by atoms with Crippen molar-refractivity contribution in [2.75, 3.05) is 47.5 Å². The van der Waals surface area contributed by atoms with Gasteiger partial charge in [0.05, 0.1) is 31.9 Å². The third kappa shape index (κ3) is 6.25. The van der Waals surface area contributed by atoms with E-state index in [0.29, 0.717) is 48.9 Å². The van der Waals surface area contributed by atoms with E-state index in [-0.39, 0.29) is 11.3 Å². The highest BCUT2D eigenvalue weighted by molar-refractivity contribution is 6.46. The van der Waals surface area contributed by atoms with Crippen LogP contribution in [0.25, 0.3) is 5.76 Å². The summed E-state index contributed by atoms with van der Waals surface area (Å²) >= 11 is 0. The molecule has 0 radical (unpaired) electrons. The zero-order valence-corrected chi connectivity index (χ0v) is 22.7. The fraction of sp³-hybridized carbons (Fsp3) is 0.448. The minimum absolute atomic E-state index is 0.0500. The second kappa shape index (κ2) is 12.6. The molecule has 8 heteroatoms. The Hall–Kier alpha value is -3.52. The van der Waals surface area contributed by atoms with Crippen LogP contribution in [0.2, 0.25) is 0 Å². The van der Waals surface area contributed by atoms with Crippen molar-refractivity contribution in [1.29, 1.82) is 0 Å². The van der Waals surface area contributed by atoms with Gasteiger partial charge in [-0.05, 0) is 75.8 Å². The van der Waals surface area contributed by atoms with E-state index in [9.17, 15) is 14.7 Å². The Morgan fingerprint density at radius 2 is 1.76 bits per heavy atom. The predicted molar refractivity (Wildman–Crippen MR) is 143 cm³/mol. The maximum Gasteiger partial charge on any atom is 0.295 e. The summed E-state index contributed by atoms with van der Waals surface area (Å²) in [6, 6.07) is 9.83. The number of hydrogen-bond acceptors (Lipinski definition) is 7. The number of ketones is 1. The van der Waals surface area contributed by atoms with E-state index in [1.54, 1.807) is 36.4 Å². The molecule has 1 atom stereocenters. The number of rotatable bonds is 12. The molecule has 0 aliphatic carbocycles. The van der Waals surface area contributed by atoms with E-state index in [0.717, 1.165) is 24.2 Å². The Bertz CT molecular complexity index is 1160. The maximum atomic E-state index is 13.3. The highest BCUT2D eigenvalue weighted by Gasteiger charge is 2.46. The number of ether oxygens (including phenoxy) is 3. The van der Waals surface area contributed by atoms with Crippen molar-refractivity contribution in [3.05, 3.63) is 58.7 Å². The number of carbonyl (C=O) groups is 2. The van der Waals surface area contributed by atoms with E-state index in [1.165, 1.54) is 12.0 Å². The number of nitrogens with zero attached hydrogens (tertiary/aromatic N) is 2. The number of hydrogen-bond donors (Lipinski definition) is 1. The highest BCUT2D eigenvalue weighted by atomic mass is 16.5. The monoisotopic (exact) mass is 510 g/mol. The van der Waals surface area contributed by atoms with Crippen LogP contribution in [0.15, 0.2) is 42.0 Å². The third-order valence-electron chi connectivity index (χ3n) is 6.34. The van der Waals surface area contributed by atoms with E-state index in [1.807, 2.05) is 32.8 Å². The predicted octanol–water partition coefficient (Wildman–Crippen LogP) is 4.56. The van der Waals surface area contributed by atoms with Gasteiger partial charge >= 0.3 is 0 Å². The molecular weight excluding hydrogens is 472 g/mol. The van der Waals surface area contributed by atoms with E-state index >= 15 is 0 Å². The number of aliphatic hydroxyl groups is 1. The molecule has 0 bridgehead atoms. The van der Waals surface area contributed by atoms with Gasteiger partial charge in [-0.1, -0.05) is 19.4 Å². The topological polar surface area (TPSA) is 88.5 Å². The van der Waals surface area contributed by atoms with Crippen LogP contribution in [0.3, 0.4) is 0 Å². The van der Waals surface area contributed by atoms with Crippen LogP contribution in [-0.4, -0.2) is 74.1 Å². The molecule has 37 heavy (non-hydrogen) atoms. The number of aryl methyl sites for hydroxylation is 1. The van der Waals surface area contributed by atoms with E-state index in [2.05, 4.69) is 6.92 Å². The second-order valence-electron chi connectivity index (χ2n) is 9.32. The van der Waals surface area contributed by atoms with Crippen LogP contribution in [-0.2, 0) is 9.59 Å². The van der Waals surface area contributed by atoms with Crippen LogP contribution >= 0.6 is 0 Å². The lowest BCUT2D eigenvalue weighted by molar-refractivity contribution is -0.140. The molecule has 2 aromatic carbocycles. The third-order valence-corrected chi connectivity index (χ3v) is 6.34. The number of Topliss-reactive ketones (excluding diaryl/α,β-unsaturated/α-hetero) is 1. The van der Waals surface area contributed by atoms with Gasteiger partial charge in [0, 0.05) is 18.7 Å². The lowest BCUT2D eigenvalue weighted by Gasteiger charge is -2.27. The maximum absolute atomic E-state index is 13.3. The van der Waals surface area contributed by atoms with Gasteiger partial charge in [-0.2, -0.15) is 0 Å². The summed E-state index contributed by atoms with van der Waals surface area (Å²) in [6.07, 6.45) is 1.98. The van der Waals surface area contributed by atoms with Crippen LogP contribution in [0.1, 0.15) is 49.4 Å². The summed E-state index contributed by atoms with van der Waals surface area (Å²) in [4.78, 5) is 29.9. The molecule has 1 aliphatic rings. The van der Waals surface area contributed by atoms with E-state index < -0.39 is 17.7 Å². The molecule has 0 saturated carbocycles. The van der Waals surface area contributed by atoms with Crippen molar-refractivity contribution in [2.24, 2.45) is 0 Å². The Morgan fingerprint density at radius 1 is 1.03 bits per heavy atom. The molecule has 1 heterocycles. The minimum atomic E-state index is -0.773. The Labute approximate surface area is 219 Å². The molecule has 0 spiro atoms. The zero-order chi connectivity index (χ0) is 27.1. The Balaban J connectivity index is 2.10. The number of carbonyl (C=O) groups excluding carboxylic acids is 2. The normalized spacial score (nSPS) is 16.9. The Morgan fingerprint density at radius 3 is 2.38 bits per heavy atom. The number of methoxy groups -OCH3 is 1. The molecule has 1 saturated heterocycles. The summed E-state index contributed by atoms with van der Waals surface area (Å²) in [5, 5.41) is 11.4. The molecule has 3 rings (SSSR count). The molecule has 200 valence electrons. The van der Waals surface area contributed by atoms with Crippen LogP contribution in [0.4, 0.5) is 0 Å². The van der Waals surface area contributed by atoms with Crippen molar-refractivity contribution in [2.45, 2.75) is 39.7 Å². The highest BCUT2D eigenvalue weighted by Crippen LogP contribution is 2.42. The molecular formula is C29H38N2O6.